The molecule has 0 spiro atoms. The van der Waals surface area contributed by atoms with Crippen molar-refractivity contribution in [3.63, 3.8) is 0 Å². The number of carbonyl (C=O) groups excluding carboxylic acids is 1. The standard InChI is InChI=1S/C15H21NO3/c1-8-6-9(2)11(4)14(10(8)3)15(19)12(5)16-7-13(17)18/h6,12,16H,7H2,1-5H3,(H,17,18). The summed E-state index contributed by atoms with van der Waals surface area (Å²) in [6.45, 7) is 9.30. The van der Waals surface area contributed by atoms with Crippen molar-refractivity contribution >= 4 is 11.8 Å². The van der Waals surface area contributed by atoms with Crippen molar-refractivity contribution in [1.82, 2.24) is 5.32 Å². The van der Waals surface area contributed by atoms with E-state index >= 15 is 0 Å². The quantitative estimate of drug-likeness (QED) is 0.799. The molecule has 1 aromatic carbocycles. The molecule has 2 N–H and O–H groups in total. The molecule has 4 nitrogen and oxygen atoms in total. The molecule has 0 saturated carbocycles. The number of benzene rings is 1. The molecule has 104 valence electrons. The first-order valence-corrected chi connectivity index (χ1v) is 6.32. The van der Waals surface area contributed by atoms with Crippen molar-refractivity contribution < 1.29 is 14.7 Å². The van der Waals surface area contributed by atoms with Crippen molar-refractivity contribution in [2.45, 2.75) is 40.7 Å². The van der Waals surface area contributed by atoms with Crippen LogP contribution < -0.4 is 5.32 Å². The summed E-state index contributed by atoms with van der Waals surface area (Å²) in [6, 6.07) is 1.56. The highest BCUT2D eigenvalue weighted by Gasteiger charge is 2.21. The Morgan fingerprint density at radius 3 is 2.05 bits per heavy atom. The maximum Gasteiger partial charge on any atom is 0.317 e. The zero-order valence-corrected chi connectivity index (χ0v) is 12.1. The third-order valence-corrected chi connectivity index (χ3v) is 3.57. The van der Waals surface area contributed by atoms with E-state index in [-0.39, 0.29) is 12.3 Å². The highest BCUT2D eigenvalue weighted by Crippen LogP contribution is 2.22. The molecule has 1 atom stereocenters. The van der Waals surface area contributed by atoms with Crippen LogP contribution in [0.25, 0.3) is 0 Å². The SMILES string of the molecule is Cc1cc(C)c(C)c(C(=O)C(C)NCC(=O)O)c1C. The van der Waals surface area contributed by atoms with Crippen LogP contribution in [0.4, 0.5) is 0 Å². The minimum Gasteiger partial charge on any atom is -0.480 e. The Bertz CT molecular complexity index is 494. The number of carbonyl (C=O) groups is 2. The summed E-state index contributed by atoms with van der Waals surface area (Å²) in [4.78, 5) is 23.0. The first-order chi connectivity index (χ1) is 8.75. The summed E-state index contributed by atoms with van der Waals surface area (Å²) in [5, 5.41) is 11.4. The molecule has 1 rings (SSSR count). The Morgan fingerprint density at radius 2 is 1.63 bits per heavy atom. The molecule has 1 aromatic rings. The molecular formula is C15H21NO3. The van der Waals surface area contributed by atoms with Crippen molar-refractivity contribution in [3.8, 4) is 0 Å². The van der Waals surface area contributed by atoms with Crippen molar-refractivity contribution in [1.29, 1.82) is 0 Å². The lowest BCUT2D eigenvalue weighted by atomic mass is 9.89. The lowest BCUT2D eigenvalue weighted by Crippen LogP contribution is -2.38. The number of Topliss-reactive ketones (excluding diaryl/α,β-unsaturated/α-hetero) is 1. The van der Waals surface area contributed by atoms with Crippen molar-refractivity contribution in [3.05, 3.63) is 33.9 Å². The maximum absolute atomic E-state index is 12.4. The van der Waals surface area contributed by atoms with Gasteiger partial charge in [0, 0.05) is 5.56 Å². The Morgan fingerprint density at radius 1 is 1.16 bits per heavy atom. The van der Waals surface area contributed by atoms with Crippen LogP contribution in [0.3, 0.4) is 0 Å². The van der Waals surface area contributed by atoms with Crippen molar-refractivity contribution in [2.75, 3.05) is 6.54 Å². The van der Waals surface area contributed by atoms with Crippen LogP contribution in [0.5, 0.6) is 0 Å². The topological polar surface area (TPSA) is 66.4 Å². The van der Waals surface area contributed by atoms with Gasteiger partial charge in [0.05, 0.1) is 12.6 Å². The smallest absolute Gasteiger partial charge is 0.317 e. The predicted octanol–water partition coefficient (Wildman–Crippen LogP) is 2.17. The van der Waals surface area contributed by atoms with Gasteiger partial charge in [0.15, 0.2) is 5.78 Å². The molecule has 19 heavy (non-hydrogen) atoms. The number of hydrogen-bond donors (Lipinski definition) is 2. The molecule has 0 aliphatic carbocycles. The summed E-state index contributed by atoms with van der Waals surface area (Å²) in [6.07, 6.45) is 0. The van der Waals surface area contributed by atoms with Crippen LogP contribution >= 0.6 is 0 Å². The Hall–Kier alpha value is -1.68. The van der Waals surface area contributed by atoms with Gasteiger partial charge in [-0.3, -0.25) is 14.9 Å². The van der Waals surface area contributed by atoms with E-state index in [2.05, 4.69) is 11.4 Å². The molecule has 0 fully saturated rings. The second-order valence-electron chi connectivity index (χ2n) is 5.00. The number of hydrogen-bond acceptors (Lipinski definition) is 3. The van der Waals surface area contributed by atoms with Gasteiger partial charge >= 0.3 is 5.97 Å². The van der Waals surface area contributed by atoms with E-state index in [9.17, 15) is 9.59 Å². The number of aryl methyl sites for hydroxylation is 2. The summed E-state index contributed by atoms with van der Waals surface area (Å²) < 4.78 is 0. The largest absolute Gasteiger partial charge is 0.480 e. The monoisotopic (exact) mass is 263 g/mol. The fraction of sp³-hybridized carbons (Fsp3) is 0.467. The number of nitrogens with one attached hydrogen (secondary N) is 1. The minimum atomic E-state index is -0.964. The van der Waals surface area contributed by atoms with E-state index < -0.39 is 12.0 Å². The van der Waals surface area contributed by atoms with Crippen LogP contribution in [0.15, 0.2) is 6.07 Å². The number of carboxylic acids is 1. The fourth-order valence-electron chi connectivity index (χ4n) is 2.14. The molecule has 4 heteroatoms. The normalized spacial score (nSPS) is 12.3. The fourth-order valence-corrected chi connectivity index (χ4v) is 2.14. The van der Waals surface area contributed by atoms with Crippen LogP contribution in [0.2, 0.25) is 0 Å². The summed E-state index contributed by atoms with van der Waals surface area (Å²) in [5.74, 6) is -1.02. The van der Waals surface area contributed by atoms with Crippen LogP contribution in [-0.4, -0.2) is 29.4 Å². The second-order valence-corrected chi connectivity index (χ2v) is 5.00. The van der Waals surface area contributed by atoms with E-state index in [0.29, 0.717) is 5.56 Å². The van der Waals surface area contributed by atoms with E-state index in [4.69, 9.17) is 5.11 Å². The lowest BCUT2D eigenvalue weighted by Gasteiger charge is -2.18. The van der Waals surface area contributed by atoms with Gasteiger partial charge in [-0.1, -0.05) is 6.07 Å². The summed E-state index contributed by atoms with van der Waals surface area (Å²) in [7, 11) is 0. The van der Waals surface area contributed by atoms with Gasteiger partial charge in [-0.05, 0) is 56.9 Å². The highest BCUT2D eigenvalue weighted by atomic mass is 16.4. The third kappa shape index (κ3) is 3.41. The van der Waals surface area contributed by atoms with Gasteiger partial charge in [-0.2, -0.15) is 0 Å². The number of carboxylic acid groups (broad SMARTS) is 1. The maximum atomic E-state index is 12.4. The van der Waals surface area contributed by atoms with Crippen LogP contribution in [0.1, 0.15) is 39.5 Å². The van der Waals surface area contributed by atoms with Crippen LogP contribution in [-0.2, 0) is 4.79 Å². The van der Waals surface area contributed by atoms with Gasteiger partial charge in [-0.25, -0.2) is 0 Å². The Labute approximate surface area is 113 Å². The van der Waals surface area contributed by atoms with E-state index in [1.165, 1.54) is 0 Å². The zero-order valence-electron chi connectivity index (χ0n) is 12.1. The average Bonchev–Trinajstić information content (AvgIpc) is 2.33. The first-order valence-electron chi connectivity index (χ1n) is 6.32. The molecule has 0 heterocycles. The van der Waals surface area contributed by atoms with E-state index in [1.54, 1.807) is 6.92 Å². The molecule has 0 radical (unpaired) electrons. The Balaban J connectivity index is 3.09. The number of rotatable bonds is 5. The molecule has 0 aliphatic rings. The molecule has 0 saturated heterocycles. The minimum absolute atomic E-state index is 0.0527. The average molecular weight is 263 g/mol. The molecule has 0 aromatic heterocycles. The van der Waals surface area contributed by atoms with Gasteiger partial charge in [0.1, 0.15) is 0 Å². The molecule has 0 bridgehead atoms. The molecule has 1 unspecified atom stereocenters. The van der Waals surface area contributed by atoms with E-state index in [0.717, 1.165) is 22.3 Å². The molecule has 0 aliphatic heterocycles. The third-order valence-electron chi connectivity index (χ3n) is 3.57. The van der Waals surface area contributed by atoms with Gasteiger partial charge in [0.2, 0.25) is 0 Å². The van der Waals surface area contributed by atoms with Gasteiger partial charge in [0.25, 0.3) is 0 Å². The predicted molar refractivity (Wildman–Crippen MR) is 74.8 cm³/mol. The molecule has 0 amide bonds. The van der Waals surface area contributed by atoms with Crippen LogP contribution in [0, 0.1) is 27.7 Å². The number of ketones is 1. The van der Waals surface area contributed by atoms with E-state index in [1.807, 2.05) is 27.7 Å². The summed E-state index contributed by atoms with van der Waals surface area (Å²) in [5.41, 5.74) is 4.81. The number of aliphatic carboxylic acids is 1. The summed E-state index contributed by atoms with van der Waals surface area (Å²) >= 11 is 0. The van der Waals surface area contributed by atoms with Crippen molar-refractivity contribution in [2.24, 2.45) is 0 Å². The van der Waals surface area contributed by atoms with Gasteiger partial charge in [-0.15, -0.1) is 0 Å². The van der Waals surface area contributed by atoms with Gasteiger partial charge < -0.3 is 5.11 Å². The molecular weight excluding hydrogens is 242 g/mol. The lowest BCUT2D eigenvalue weighted by molar-refractivity contribution is -0.136. The first kappa shape index (κ1) is 15.4. The highest BCUT2D eigenvalue weighted by molar-refractivity contribution is 6.03. The Kier molecular flexibility index (Phi) is 4.84. The second kappa shape index (κ2) is 5.97. The zero-order chi connectivity index (χ0) is 14.7.